The Hall–Kier alpha value is -3.25. The number of nitrogens with zero attached hydrogens (tertiary/aromatic N) is 4. The molecule has 3 aromatic rings. The van der Waals surface area contributed by atoms with Crippen LogP contribution in [0.2, 0.25) is 0 Å². The number of anilines is 1. The maximum atomic E-state index is 12.2. The lowest BCUT2D eigenvalue weighted by atomic mass is 10.3. The van der Waals surface area contributed by atoms with Gasteiger partial charge in [0.2, 0.25) is 11.8 Å². The number of aromatic nitrogens is 3. The van der Waals surface area contributed by atoms with Gasteiger partial charge in [0.25, 0.3) is 5.69 Å². The van der Waals surface area contributed by atoms with Crippen molar-refractivity contribution in [3.63, 3.8) is 0 Å². The summed E-state index contributed by atoms with van der Waals surface area (Å²) in [4.78, 5) is 34.5. The van der Waals surface area contributed by atoms with Crippen LogP contribution in [0.25, 0.3) is 10.7 Å². The molecule has 12 heteroatoms. The second-order valence-electron chi connectivity index (χ2n) is 5.79. The van der Waals surface area contributed by atoms with Crippen LogP contribution in [0.5, 0.6) is 0 Å². The molecule has 0 radical (unpaired) electrons. The van der Waals surface area contributed by atoms with E-state index in [0.717, 1.165) is 4.88 Å². The molecule has 0 saturated heterocycles. The number of primary amides is 1. The predicted octanol–water partition coefficient (Wildman–Crippen LogP) is 2.52. The van der Waals surface area contributed by atoms with Crippen molar-refractivity contribution in [2.75, 3.05) is 11.1 Å². The number of benzene rings is 1. The zero-order chi connectivity index (χ0) is 20.8. The Kier molecular flexibility index (Phi) is 6.57. The highest BCUT2D eigenvalue weighted by molar-refractivity contribution is 7.99. The number of thioether (sulfide) groups is 1. The summed E-state index contributed by atoms with van der Waals surface area (Å²) in [6.45, 7) is 0.307. The van der Waals surface area contributed by atoms with Crippen molar-refractivity contribution in [1.82, 2.24) is 14.8 Å². The van der Waals surface area contributed by atoms with Crippen molar-refractivity contribution in [2.45, 2.75) is 18.1 Å². The SMILES string of the molecule is NC(=O)CCn1c(SCC(=O)Nc2ccc([N+](=O)[O-])cc2)nnc1-c1cccs1. The number of rotatable bonds is 9. The molecule has 2 amide bonds. The molecular weight excluding hydrogens is 416 g/mol. The minimum Gasteiger partial charge on any atom is -0.370 e. The summed E-state index contributed by atoms with van der Waals surface area (Å²) in [5, 5.41) is 24.1. The quantitative estimate of drug-likeness (QED) is 0.300. The molecule has 0 aliphatic carbocycles. The minimum absolute atomic E-state index is 0.0517. The van der Waals surface area contributed by atoms with E-state index in [4.69, 9.17) is 5.73 Å². The van der Waals surface area contributed by atoms with Gasteiger partial charge in [-0.1, -0.05) is 17.8 Å². The van der Waals surface area contributed by atoms with E-state index in [1.807, 2.05) is 17.5 Å². The van der Waals surface area contributed by atoms with Crippen molar-refractivity contribution < 1.29 is 14.5 Å². The van der Waals surface area contributed by atoms with Gasteiger partial charge in [-0.15, -0.1) is 21.5 Å². The summed E-state index contributed by atoms with van der Waals surface area (Å²) < 4.78 is 1.76. The first-order valence-corrected chi connectivity index (χ1v) is 10.2. The molecule has 0 fully saturated rings. The second kappa shape index (κ2) is 9.30. The summed E-state index contributed by atoms with van der Waals surface area (Å²) in [5.41, 5.74) is 5.66. The van der Waals surface area contributed by atoms with Gasteiger partial charge in [0, 0.05) is 30.8 Å². The smallest absolute Gasteiger partial charge is 0.269 e. The molecule has 3 N–H and O–H groups in total. The monoisotopic (exact) mass is 432 g/mol. The average Bonchev–Trinajstić information content (AvgIpc) is 3.34. The van der Waals surface area contributed by atoms with E-state index < -0.39 is 10.8 Å². The number of nitrogens with two attached hydrogens (primary N) is 1. The number of nitrogens with one attached hydrogen (secondary N) is 1. The van der Waals surface area contributed by atoms with Gasteiger partial charge in [-0.2, -0.15) is 0 Å². The first kappa shape index (κ1) is 20.5. The molecule has 3 rings (SSSR count). The Morgan fingerprint density at radius 3 is 2.62 bits per heavy atom. The largest absolute Gasteiger partial charge is 0.370 e. The molecule has 2 aromatic heterocycles. The molecule has 0 aliphatic heterocycles. The summed E-state index contributed by atoms with van der Waals surface area (Å²) >= 11 is 2.66. The molecule has 2 heterocycles. The van der Waals surface area contributed by atoms with Gasteiger partial charge in [-0.05, 0) is 23.6 Å². The number of carbonyl (C=O) groups is 2. The van der Waals surface area contributed by atoms with Gasteiger partial charge in [0.15, 0.2) is 11.0 Å². The topological polar surface area (TPSA) is 146 Å². The molecule has 0 atom stereocenters. The van der Waals surface area contributed by atoms with Crippen LogP contribution in [0.1, 0.15) is 6.42 Å². The number of non-ortho nitro benzene ring substituents is 1. The fourth-order valence-electron chi connectivity index (χ4n) is 2.40. The first-order valence-electron chi connectivity index (χ1n) is 8.36. The number of amides is 2. The van der Waals surface area contributed by atoms with E-state index in [-0.39, 0.29) is 23.8 Å². The highest BCUT2D eigenvalue weighted by Crippen LogP contribution is 2.27. The van der Waals surface area contributed by atoms with Crippen LogP contribution < -0.4 is 11.1 Å². The fourth-order valence-corrected chi connectivity index (χ4v) is 3.88. The molecular formula is C17H16N6O4S2. The number of thiophene rings is 1. The van der Waals surface area contributed by atoms with Crippen molar-refractivity contribution in [1.29, 1.82) is 0 Å². The van der Waals surface area contributed by atoms with Gasteiger partial charge < -0.3 is 15.6 Å². The van der Waals surface area contributed by atoms with Crippen LogP contribution in [-0.2, 0) is 16.1 Å². The lowest BCUT2D eigenvalue weighted by molar-refractivity contribution is -0.384. The Balaban J connectivity index is 1.66. The molecule has 0 saturated carbocycles. The highest BCUT2D eigenvalue weighted by Gasteiger charge is 2.17. The fraction of sp³-hybridized carbons (Fsp3) is 0.176. The van der Waals surface area contributed by atoms with Crippen molar-refractivity contribution >= 4 is 46.3 Å². The van der Waals surface area contributed by atoms with Crippen LogP contribution >= 0.6 is 23.1 Å². The third-order valence-corrected chi connectivity index (χ3v) is 5.57. The Bertz CT molecular complexity index is 1020. The molecule has 0 aliphatic rings. The maximum Gasteiger partial charge on any atom is 0.269 e. The molecule has 1 aromatic carbocycles. The number of hydrogen-bond acceptors (Lipinski definition) is 8. The van der Waals surface area contributed by atoms with E-state index in [2.05, 4.69) is 15.5 Å². The van der Waals surface area contributed by atoms with Gasteiger partial charge in [-0.25, -0.2) is 0 Å². The van der Waals surface area contributed by atoms with Gasteiger partial charge in [0.05, 0.1) is 15.6 Å². The highest BCUT2D eigenvalue weighted by atomic mass is 32.2. The van der Waals surface area contributed by atoms with E-state index in [1.54, 1.807) is 4.57 Å². The zero-order valence-electron chi connectivity index (χ0n) is 15.0. The maximum absolute atomic E-state index is 12.2. The van der Waals surface area contributed by atoms with Crippen LogP contribution in [0.4, 0.5) is 11.4 Å². The van der Waals surface area contributed by atoms with Crippen LogP contribution in [-0.4, -0.2) is 37.3 Å². The Labute approximate surface area is 173 Å². The van der Waals surface area contributed by atoms with Crippen LogP contribution in [0.3, 0.4) is 0 Å². The van der Waals surface area contributed by atoms with Crippen LogP contribution in [0.15, 0.2) is 46.9 Å². The molecule has 0 bridgehead atoms. The summed E-state index contributed by atoms with van der Waals surface area (Å²) in [7, 11) is 0. The first-order chi connectivity index (χ1) is 13.9. The lowest BCUT2D eigenvalue weighted by Crippen LogP contribution is -2.16. The molecule has 150 valence electrons. The molecule has 0 spiro atoms. The average molecular weight is 432 g/mol. The molecule has 0 unspecified atom stereocenters. The van der Waals surface area contributed by atoms with Gasteiger partial charge in [-0.3, -0.25) is 19.7 Å². The lowest BCUT2D eigenvalue weighted by Gasteiger charge is -2.08. The second-order valence-corrected chi connectivity index (χ2v) is 7.68. The van der Waals surface area contributed by atoms with E-state index in [1.165, 1.54) is 47.4 Å². The summed E-state index contributed by atoms with van der Waals surface area (Å²) in [5.74, 6) is -0.0796. The third kappa shape index (κ3) is 5.39. The number of carbonyl (C=O) groups excluding carboxylic acids is 2. The Morgan fingerprint density at radius 1 is 1.24 bits per heavy atom. The van der Waals surface area contributed by atoms with Crippen LogP contribution in [0, 0.1) is 10.1 Å². The van der Waals surface area contributed by atoms with E-state index >= 15 is 0 Å². The predicted molar refractivity (Wildman–Crippen MR) is 110 cm³/mol. The standard InChI is InChI=1S/C17H16N6O4S2/c18-14(24)7-8-22-16(13-2-1-9-28-13)20-21-17(22)29-10-15(25)19-11-3-5-12(6-4-11)23(26)27/h1-6,9H,7-8,10H2,(H2,18,24)(H,19,25). The number of hydrogen-bond donors (Lipinski definition) is 2. The van der Waals surface area contributed by atoms with Gasteiger partial charge in [0.1, 0.15) is 0 Å². The summed E-state index contributed by atoms with van der Waals surface area (Å²) in [6, 6.07) is 9.34. The summed E-state index contributed by atoms with van der Waals surface area (Å²) in [6.07, 6.45) is 0.124. The minimum atomic E-state index is -0.508. The Morgan fingerprint density at radius 2 is 2.00 bits per heavy atom. The zero-order valence-corrected chi connectivity index (χ0v) is 16.6. The van der Waals surface area contributed by atoms with Crippen molar-refractivity contribution in [2.24, 2.45) is 5.73 Å². The normalized spacial score (nSPS) is 10.6. The number of nitro groups is 1. The number of nitro benzene ring substituents is 1. The van der Waals surface area contributed by atoms with E-state index in [0.29, 0.717) is 23.2 Å². The van der Waals surface area contributed by atoms with Crippen molar-refractivity contribution in [3.05, 3.63) is 51.9 Å². The van der Waals surface area contributed by atoms with E-state index in [9.17, 15) is 19.7 Å². The third-order valence-electron chi connectivity index (χ3n) is 3.73. The molecule has 10 nitrogen and oxygen atoms in total. The molecule has 29 heavy (non-hydrogen) atoms. The van der Waals surface area contributed by atoms with Crippen molar-refractivity contribution in [3.8, 4) is 10.7 Å². The van der Waals surface area contributed by atoms with Gasteiger partial charge >= 0.3 is 0 Å².